The third-order valence-electron chi connectivity index (χ3n) is 6.75. The van der Waals surface area contributed by atoms with E-state index in [1.165, 1.54) is 51.4 Å². The van der Waals surface area contributed by atoms with Crippen molar-refractivity contribution < 1.29 is 10.2 Å². The Morgan fingerprint density at radius 1 is 1.10 bits per heavy atom. The number of nitrogens with one attached hydrogen (secondary N) is 2. The van der Waals surface area contributed by atoms with Gasteiger partial charge in [-0.2, -0.15) is 0 Å². The Morgan fingerprint density at radius 2 is 1.86 bits per heavy atom. The van der Waals surface area contributed by atoms with Crippen molar-refractivity contribution in [3.05, 3.63) is 18.6 Å². The van der Waals surface area contributed by atoms with Crippen LogP contribution in [0, 0.1) is 0 Å². The van der Waals surface area contributed by atoms with Gasteiger partial charge in [0.05, 0.1) is 11.5 Å². The molecule has 160 valence electrons. The van der Waals surface area contributed by atoms with Gasteiger partial charge in [-0.15, -0.1) is 0 Å². The first-order chi connectivity index (χ1) is 14.3. The molecule has 0 aliphatic heterocycles. The highest BCUT2D eigenvalue weighted by Crippen LogP contribution is 2.31. The van der Waals surface area contributed by atoms with Crippen molar-refractivity contribution in [2.45, 2.75) is 88.4 Å². The normalized spacial score (nSPS) is 20.5. The largest absolute Gasteiger partial charge is 0.396 e. The van der Waals surface area contributed by atoms with Crippen molar-refractivity contribution >= 4 is 16.9 Å². The first-order valence-corrected chi connectivity index (χ1v) is 11.4. The first-order valence-electron chi connectivity index (χ1n) is 11.4. The molecule has 7 nitrogen and oxygen atoms in total. The number of anilines is 1. The van der Waals surface area contributed by atoms with Crippen LogP contribution in [0.25, 0.3) is 11.0 Å². The molecule has 2 aliphatic carbocycles. The average Bonchev–Trinajstić information content (AvgIpc) is 3.49. The highest BCUT2D eigenvalue weighted by molar-refractivity contribution is 5.87. The van der Waals surface area contributed by atoms with Crippen molar-refractivity contribution in [2.75, 3.05) is 18.1 Å². The molecule has 2 atom stereocenters. The molecule has 0 spiro atoms. The summed E-state index contributed by atoms with van der Waals surface area (Å²) in [6, 6.07) is 2.94. The molecule has 2 heterocycles. The van der Waals surface area contributed by atoms with Gasteiger partial charge in [-0.1, -0.05) is 25.7 Å². The van der Waals surface area contributed by atoms with E-state index in [9.17, 15) is 10.2 Å². The van der Waals surface area contributed by atoms with Crippen LogP contribution >= 0.6 is 0 Å². The van der Waals surface area contributed by atoms with Crippen LogP contribution in [0.5, 0.6) is 0 Å². The Hall–Kier alpha value is -1.70. The minimum atomic E-state index is -0.477. The Morgan fingerprint density at radius 3 is 2.62 bits per heavy atom. The highest BCUT2D eigenvalue weighted by atomic mass is 16.3. The quantitative estimate of drug-likeness (QED) is 0.489. The molecule has 2 aromatic heterocycles. The van der Waals surface area contributed by atoms with Gasteiger partial charge in [0.2, 0.25) is 0 Å². The standard InChI is InChI=1S/C22H35N5O2/c28-14-11-19(26-16-5-1-2-6-16)20(29)10-13-27(17-7-3-4-8-17)22-18-9-12-23-21(18)24-15-25-22/h9,12,15-17,19-20,26,28-29H,1-8,10-11,13-14H2,(H,23,24,25). The van der Waals surface area contributed by atoms with Gasteiger partial charge in [0, 0.05) is 37.5 Å². The summed E-state index contributed by atoms with van der Waals surface area (Å²) in [4.78, 5) is 14.5. The summed E-state index contributed by atoms with van der Waals surface area (Å²) in [6.07, 6.45) is 14.0. The summed E-state index contributed by atoms with van der Waals surface area (Å²) in [5.74, 6) is 0.970. The molecule has 29 heavy (non-hydrogen) atoms. The fourth-order valence-corrected chi connectivity index (χ4v) is 5.16. The Bertz CT molecular complexity index is 754. The summed E-state index contributed by atoms with van der Waals surface area (Å²) < 4.78 is 0. The van der Waals surface area contributed by atoms with Crippen LogP contribution in [-0.4, -0.2) is 62.5 Å². The van der Waals surface area contributed by atoms with Gasteiger partial charge in [-0.25, -0.2) is 9.97 Å². The number of hydrogen-bond acceptors (Lipinski definition) is 6. The fourth-order valence-electron chi connectivity index (χ4n) is 5.16. The molecule has 0 radical (unpaired) electrons. The van der Waals surface area contributed by atoms with E-state index in [-0.39, 0.29) is 12.6 Å². The van der Waals surface area contributed by atoms with Crippen LogP contribution in [0.3, 0.4) is 0 Å². The number of hydrogen-bond donors (Lipinski definition) is 4. The first kappa shape index (κ1) is 20.6. The number of fused-ring (bicyclic) bond motifs is 1. The van der Waals surface area contributed by atoms with E-state index in [1.807, 2.05) is 12.3 Å². The molecule has 0 bridgehead atoms. The van der Waals surface area contributed by atoms with Gasteiger partial charge in [-0.3, -0.25) is 0 Å². The van der Waals surface area contributed by atoms with Crippen molar-refractivity contribution in [3.63, 3.8) is 0 Å². The van der Waals surface area contributed by atoms with E-state index in [1.54, 1.807) is 6.33 Å². The predicted molar refractivity (Wildman–Crippen MR) is 115 cm³/mol. The predicted octanol–water partition coefficient (Wildman–Crippen LogP) is 2.74. The lowest BCUT2D eigenvalue weighted by molar-refractivity contribution is 0.0971. The van der Waals surface area contributed by atoms with E-state index in [0.29, 0.717) is 24.9 Å². The molecule has 2 saturated carbocycles. The second-order valence-electron chi connectivity index (χ2n) is 8.69. The van der Waals surface area contributed by atoms with E-state index in [0.717, 1.165) is 23.4 Å². The van der Waals surface area contributed by atoms with Crippen LogP contribution < -0.4 is 10.2 Å². The second kappa shape index (κ2) is 9.87. The number of rotatable bonds is 10. The summed E-state index contributed by atoms with van der Waals surface area (Å²) in [7, 11) is 0. The van der Waals surface area contributed by atoms with Gasteiger partial charge >= 0.3 is 0 Å². The number of aliphatic hydroxyl groups is 2. The lowest BCUT2D eigenvalue weighted by atomic mass is 10.0. The van der Waals surface area contributed by atoms with Crippen molar-refractivity contribution in [2.24, 2.45) is 0 Å². The molecular weight excluding hydrogens is 366 g/mol. The maximum absolute atomic E-state index is 11.0. The number of aliphatic hydroxyl groups excluding tert-OH is 2. The van der Waals surface area contributed by atoms with Crippen molar-refractivity contribution in [1.82, 2.24) is 20.3 Å². The highest BCUT2D eigenvalue weighted by Gasteiger charge is 2.28. The van der Waals surface area contributed by atoms with E-state index < -0.39 is 6.10 Å². The summed E-state index contributed by atoms with van der Waals surface area (Å²) in [6.45, 7) is 0.862. The maximum atomic E-state index is 11.0. The minimum Gasteiger partial charge on any atom is -0.396 e. The second-order valence-corrected chi connectivity index (χ2v) is 8.69. The summed E-state index contributed by atoms with van der Waals surface area (Å²) in [5, 5.41) is 25.1. The topological polar surface area (TPSA) is 97.3 Å². The molecule has 0 aromatic carbocycles. The van der Waals surface area contributed by atoms with Crippen molar-refractivity contribution in [3.8, 4) is 0 Å². The van der Waals surface area contributed by atoms with Crippen LogP contribution in [0.1, 0.15) is 64.2 Å². The van der Waals surface area contributed by atoms with Gasteiger partial charge in [0.1, 0.15) is 17.8 Å². The maximum Gasteiger partial charge on any atom is 0.142 e. The number of H-pyrrole nitrogens is 1. The summed E-state index contributed by atoms with van der Waals surface area (Å²) >= 11 is 0. The lowest BCUT2D eigenvalue weighted by Gasteiger charge is -2.33. The van der Waals surface area contributed by atoms with Gasteiger partial charge in [0.25, 0.3) is 0 Å². The van der Waals surface area contributed by atoms with Crippen molar-refractivity contribution in [1.29, 1.82) is 0 Å². The Kier molecular flexibility index (Phi) is 7.00. The molecule has 0 amide bonds. The zero-order chi connectivity index (χ0) is 20.1. The molecule has 2 fully saturated rings. The molecule has 0 saturated heterocycles. The van der Waals surface area contributed by atoms with Crippen LogP contribution in [0.2, 0.25) is 0 Å². The molecule has 7 heteroatoms. The van der Waals surface area contributed by atoms with E-state index in [2.05, 4.69) is 25.2 Å². The molecular formula is C22H35N5O2. The number of aromatic nitrogens is 3. The zero-order valence-corrected chi connectivity index (χ0v) is 17.3. The number of nitrogens with zero attached hydrogens (tertiary/aromatic N) is 3. The van der Waals surface area contributed by atoms with Gasteiger partial charge in [0.15, 0.2) is 0 Å². The monoisotopic (exact) mass is 401 g/mol. The smallest absolute Gasteiger partial charge is 0.142 e. The lowest BCUT2D eigenvalue weighted by Crippen LogP contribution is -2.47. The number of aromatic amines is 1. The third kappa shape index (κ3) is 4.90. The Balaban J connectivity index is 1.46. The fraction of sp³-hybridized carbons (Fsp3) is 0.727. The van der Waals surface area contributed by atoms with Crippen LogP contribution in [0.4, 0.5) is 5.82 Å². The van der Waals surface area contributed by atoms with Crippen LogP contribution in [0.15, 0.2) is 18.6 Å². The van der Waals surface area contributed by atoms with E-state index >= 15 is 0 Å². The van der Waals surface area contributed by atoms with E-state index in [4.69, 9.17) is 0 Å². The zero-order valence-electron chi connectivity index (χ0n) is 17.3. The molecule has 2 aromatic rings. The average molecular weight is 402 g/mol. The Labute approximate surface area is 172 Å². The molecule has 4 N–H and O–H groups in total. The van der Waals surface area contributed by atoms with Gasteiger partial charge < -0.3 is 25.4 Å². The minimum absolute atomic E-state index is 0.0498. The summed E-state index contributed by atoms with van der Waals surface area (Å²) in [5.41, 5.74) is 0.861. The molecule has 2 aliphatic rings. The van der Waals surface area contributed by atoms with Crippen LogP contribution in [-0.2, 0) is 0 Å². The molecule has 4 rings (SSSR count). The SMILES string of the molecule is OCCC(NC1CCCC1)C(O)CCN(c1ncnc2[nH]ccc12)C1CCCC1. The van der Waals surface area contributed by atoms with Gasteiger partial charge in [-0.05, 0) is 44.6 Å². The third-order valence-corrected chi connectivity index (χ3v) is 6.75. The molecule has 2 unspecified atom stereocenters.